The van der Waals surface area contributed by atoms with Gasteiger partial charge in [-0.2, -0.15) is 0 Å². The van der Waals surface area contributed by atoms with E-state index in [1.54, 1.807) is 11.0 Å². The molecule has 122 valence electrons. The number of nitrogens with zero attached hydrogens (tertiary/aromatic N) is 3. The maximum Gasteiger partial charge on any atom is 0.232 e. The van der Waals surface area contributed by atoms with Gasteiger partial charge in [-0.05, 0) is 32.0 Å². The van der Waals surface area contributed by atoms with Gasteiger partial charge >= 0.3 is 0 Å². The van der Waals surface area contributed by atoms with E-state index < -0.39 is 9.05 Å². The monoisotopic (exact) mass is 353 g/mol. The Morgan fingerprint density at radius 1 is 1.22 bits per heavy atom. The third-order valence-corrected chi connectivity index (χ3v) is 5.26. The zero-order chi connectivity index (χ0) is 16.8. The van der Waals surface area contributed by atoms with Gasteiger partial charge in [-0.25, -0.2) is 18.4 Å². The first-order valence-electron chi connectivity index (χ1n) is 7.20. The highest BCUT2D eigenvalue weighted by Crippen LogP contribution is 2.28. The first kappa shape index (κ1) is 16.1. The second kappa shape index (κ2) is 5.72. The van der Waals surface area contributed by atoms with Crippen molar-refractivity contribution in [1.29, 1.82) is 0 Å². The van der Waals surface area contributed by atoms with Crippen LogP contribution in [0, 0.1) is 19.8 Å². The van der Waals surface area contributed by atoms with Gasteiger partial charge in [-0.15, -0.1) is 0 Å². The van der Waals surface area contributed by atoms with E-state index in [0.29, 0.717) is 17.7 Å². The maximum atomic E-state index is 12.2. The average Bonchev–Trinajstić information content (AvgIpc) is 2.78. The Morgan fingerprint density at radius 3 is 2.52 bits per heavy atom. The highest BCUT2D eigenvalue weighted by Gasteiger charge is 2.33. The summed E-state index contributed by atoms with van der Waals surface area (Å²) in [6.07, 6.45) is 0.183. The molecule has 1 atom stereocenters. The van der Waals surface area contributed by atoms with Crippen LogP contribution in [0.2, 0.25) is 0 Å². The summed E-state index contributed by atoms with van der Waals surface area (Å²) in [5.74, 6) is -0.583. The number of fused-ring (bicyclic) bond motifs is 1. The van der Waals surface area contributed by atoms with E-state index in [1.165, 1.54) is 0 Å². The average molecular weight is 354 g/mol. The summed E-state index contributed by atoms with van der Waals surface area (Å²) >= 11 is 0. The smallest absolute Gasteiger partial charge is 0.232 e. The molecule has 8 heteroatoms. The maximum absolute atomic E-state index is 12.2. The minimum absolute atomic E-state index is 0.105. The molecule has 0 spiro atoms. The van der Waals surface area contributed by atoms with Gasteiger partial charge in [0.1, 0.15) is 0 Å². The lowest BCUT2D eigenvalue weighted by Gasteiger charge is -2.17. The molecule has 3 rings (SSSR count). The van der Waals surface area contributed by atoms with Crippen LogP contribution in [0.4, 0.5) is 5.69 Å². The molecule has 2 heterocycles. The minimum atomic E-state index is -3.61. The second-order valence-corrected chi connectivity index (χ2v) is 8.67. The number of halogens is 1. The number of aromatic nitrogens is 2. The van der Waals surface area contributed by atoms with Gasteiger partial charge in [0.2, 0.25) is 15.0 Å². The Balaban J connectivity index is 1.91. The molecule has 0 aliphatic carbocycles. The van der Waals surface area contributed by atoms with E-state index in [0.717, 1.165) is 16.9 Å². The van der Waals surface area contributed by atoms with Crippen LogP contribution in [0.15, 0.2) is 18.2 Å². The molecule has 1 amide bonds. The molecular formula is C15H16ClN3O3S. The molecule has 6 nitrogen and oxygen atoms in total. The van der Waals surface area contributed by atoms with Gasteiger partial charge in [-0.1, -0.05) is 0 Å². The molecule has 1 aromatic carbocycles. The molecule has 1 aliphatic heterocycles. The third-order valence-electron chi connectivity index (χ3n) is 4.01. The molecule has 1 saturated heterocycles. The van der Waals surface area contributed by atoms with Crippen LogP contribution in [-0.4, -0.2) is 36.6 Å². The summed E-state index contributed by atoms with van der Waals surface area (Å²) in [7, 11) is 1.68. The fraction of sp³-hybridized carbons (Fsp3) is 0.400. The Hall–Kier alpha value is -1.73. The van der Waals surface area contributed by atoms with Crippen molar-refractivity contribution >= 4 is 42.4 Å². The van der Waals surface area contributed by atoms with E-state index >= 15 is 0 Å². The summed E-state index contributed by atoms with van der Waals surface area (Å²) in [6, 6.07) is 5.44. The summed E-state index contributed by atoms with van der Waals surface area (Å²) in [5.41, 5.74) is 3.90. The molecular weight excluding hydrogens is 338 g/mol. The zero-order valence-electron chi connectivity index (χ0n) is 12.8. The Kier molecular flexibility index (Phi) is 4.01. The van der Waals surface area contributed by atoms with E-state index in [9.17, 15) is 13.2 Å². The quantitative estimate of drug-likeness (QED) is 0.790. The van der Waals surface area contributed by atoms with Crippen molar-refractivity contribution in [3.8, 4) is 0 Å². The van der Waals surface area contributed by atoms with Crippen LogP contribution in [0.3, 0.4) is 0 Å². The van der Waals surface area contributed by atoms with E-state index in [1.807, 2.05) is 26.0 Å². The van der Waals surface area contributed by atoms with Crippen molar-refractivity contribution in [2.45, 2.75) is 20.3 Å². The van der Waals surface area contributed by atoms with E-state index in [-0.39, 0.29) is 24.0 Å². The first-order chi connectivity index (χ1) is 10.7. The van der Waals surface area contributed by atoms with Crippen molar-refractivity contribution in [3.05, 3.63) is 29.6 Å². The molecule has 0 saturated carbocycles. The Morgan fingerprint density at radius 2 is 1.87 bits per heavy atom. The molecule has 1 aliphatic rings. The lowest BCUT2D eigenvalue weighted by Crippen LogP contribution is -2.25. The van der Waals surface area contributed by atoms with Gasteiger partial charge in [-0.3, -0.25) is 4.79 Å². The summed E-state index contributed by atoms with van der Waals surface area (Å²) in [6.45, 7) is 4.13. The zero-order valence-corrected chi connectivity index (χ0v) is 14.4. The first-order valence-corrected chi connectivity index (χ1v) is 9.68. The number of rotatable bonds is 3. The van der Waals surface area contributed by atoms with Gasteiger partial charge in [0.05, 0.1) is 28.2 Å². The highest BCUT2D eigenvalue weighted by molar-refractivity contribution is 8.13. The van der Waals surface area contributed by atoms with Gasteiger partial charge in [0.15, 0.2) is 0 Å². The molecule has 1 fully saturated rings. The predicted molar refractivity (Wildman–Crippen MR) is 89.1 cm³/mol. The highest BCUT2D eigenvalue weighted by atomic mass is 35.7. The lowest BCUT2D eigenvalue weighted by molar-refractivity contribution is -0.117. The molecule has 0 radical (unpaired) electrons. The predicted octanol–water partition coefficient (Wildman–Crippen LogP) is 2.17. The second-order valence-electron chi connectivity index (χ2n) is 5.85. The van der Waals surface area contributed by atoms with Crippen molar-refractivity contribution in [2.75, 3.05) is 17.2 Å². The molecule has 2 aromatic rings. The number of amides is 1. The Labute approximate surface area is 138 Å². The standard InChI is InChI=1S/C15H16ClN3O3S/c1-9-10(2)18-14-6-12(3-4-13(14)17-9)19-7-11(5-15(19)20)8-23(16,21)22/h3-4,6,11H,5,7-8H2,1-2H3. The van der Waals surface area contributed by atoms with Crippen LogP contribution >= 0.6 is 10.7 Å². The number of carbonyl (C=O) groups excluding carboxylic acids is 1. The van der Waals surface area contributed by atoms with Crippen molar-refractivity contribution in [1.82, 2.24) is 9.97 Å². The van der Waals surface area contributed by atoms with Crippen LogP contribution in [0.5, 0.6) is 0 Å². The Bertz CT molecular complexity index is 898. The summed E-state index contributed by atoms with van der Waals surface area (Å²) in [4.78, 5) is 22.7. The molecule has 1 unspecified atom stereocenters. The normalized spacial score (nSPS) is 18.8. The lowest BCUT2D eigenvalue weighted by atomic mass is 10.1. The number of hydrogen-bond donors (Lipinski definition) is 0. The van der Waals surface area contributed by atoms with Crippen LogP contribution < -0.4 is 4.90 Å². The minimum Gasteiger partial charge on any atom is -0.312 e. The number of carbonyl (C=O) groups is 1. The van der Waals surface area contributed by atoms with Crippen molar-refractivity contribution in [2.24, 2.45) is 5.92 Å². The molecule has 23 heavy (non-hydrogen) atoms. The van der Waals surface area contributed by atoms with Crippen molar-refractivity contribution in [3.63, 3.8) is 0 Å². The summed E-state index contributed by atoms with van der Waals surface area (Å²) in [5, 5.41) is 0. The van der Waals surface area contributed by atoms with Gasteiger partial charge < -0.3 is 4.90 Å². The summed E-state index contributed by atoms with van der Waals surface area (Å²) < 4.78 is 22.4. The van der Waals surface area contributed by atoms with Crippen LogP contribution in [-0.2, 0) is 13.8 Å². The topological polar surface area (TPSA) is 80.2 Å². The number of hydrogen-bond acceptors (Lipinski definition) is 5. The van der Waals surface area contributed by atoms with Crippen LogP contribution in [0.25, 0.3) is 11.0 Å². The van der Waals surface area contributed by atoms with E-state index in [2.05, 4.69) is 9.97 Å². The number of anilines is 1. The SMILES string of the molecule is Cc1nc2ccc(N3CC(CS(=O)(=O)Cl)CC3=O)cc2nc1C. The molecule has 0 N–H and O–H groups in total. The van der Waals surface area contributed by atoms with Crippen molar-refractivity contribution < 1.29 is 13.2 Å². The fourth-order valence-corrected chi connectivity index (χ4v) is 4.13. The van der Waals surface area contributed by atoms with Gasteiger partial charge in [0.25, 0.3) is 0 Å². The molecule has 1 aromatic heterocycles. The number of benzene rings is 1. The molecule has 0 bridgehead atoms. The van der Waals surface area contributed by atoms with Gasteiger partial charge in [0, 0.05) is 35.3 Å². The third kappa shape index (κ3) is 3.45. The fourth-order valence-electron chi connectivity index (χ4n) is 2.81. The largest absolute Gasteiger partial charge is 0.312 e. The van der Waals surface area contributed by atoms with Crippen LogP contribution in [0.1, 0.15) is 17.8 Å². The number of aryl methyl sites for hydroxylation is 2. The van der Waals surface area contributed by atoms with E-state index in [4.69, 9.17) is 10.7 Å².